The molecule has 7 heteroatoms. The minimum atomic E-state index is -0.735. The quantitative estimate of drug-likeness (QED) is 0.689. The van der Waals surface area contributed by atoms with Crippen molar-refractivity contribution in [2.45, 2.75) is 18.8 Å². The van der Waals surface area contributed by atoms with Crippen LogP contribution in [0.25, 0.3) is 11.1 Å². The minimum Gasteiger partial charge on any atom is -0.481 e. The molecule has 34 heavy (non-hydrogen) atoms. The molecule has 1 aliphatic heterocycles. The highest BCUT2D eigenvalue weighted by atomic mass is 16.5. The normalized spacial score (nSPS) is 28.4. The maximum atomic E-state index is 12.8. The summed E-state index contributed by atoms with van der Waals surface area (Å²) in [7, 11) is 0. The van der Waals surface area contributed by atoms with Gasteiger partial charge in [-0.25, -0.2) is 4.79 Å². The molecule has 176 valence electrons. The van der Waals surface area contributed by atoms with E-state index in [-0.39, 0.29) is 48.0 Å². The van der Waals surface area contributed by atoms with Gasteiger partial charge in [0.05, 0.1) is 5.92 Å². The van der Waals surface area contributed by atoms with Crippen LogP contribution in [0.3, 0.4) is 0 Å². The van der Waals surface area contributed by atoms with Crippen LogP contribution in [0.2, 0.25) is 0 Å². The smallest absolute Gasteiger partial charge is 0.407 e. The second-order valence-electron chi connectivity index (χ2n) is 10.1. The van der Waals surface area contributed by atoms with Crippen LogP contribution in [0.5, 0.6) is 0 Å². The topological polar surface area (TPSA) is 95.9 Å². The lowest BCUT2D eigenvalue weighted by molar-refractivity contribution is -0.139. The number of fused-ring (bicyclic) bond motifs is 4. The number of amides is 2. The van der Waals surface area contributed by atoms with Crippen LogP contribution in [0.4, 0.5) is 4.79 Å². The van der Waals surface area contributed by atoms with E-state index in [4.69, 9.17) is 4.74 Å². The molecule has 2 saturated carbocycles. The number of hydrogen-bond donors (Lipinski definition) is 2. The van der Waals surface area contributed by atoms with Crippen LogP contribution in [-0.2, 0) is 14.3 Å². The number of carbonyl (C=O) groups is 3. The van der Waals surface area contributed by atoms with Gasteiger partial charge in [0.1, 0.15) is 6.61 Å². The zero-order valence-electron chi connectivity index (χ0n) is 18.9. The van der Waals surface area contributed by atoms with Crippen LogP contribution >= 0.6 is 0 Å². The Morgan fingerprint density at radius 2 is 1.68 bits per heavy atom. The molecule has 1 heterocycles. The molecule has 1 unspecified atom stereocenters. The molecule has 2 aromatic carbocycles. The Bertz CT molecular complexity index is 1120. The molecule has 0 spiro atoms. The average molecular weight is 461 g/mol. The lowest BCUT2D eigenvalue weighted by atomic mass is 9.98. The molecule has 0 radical (unpaired) electrons. The summed E-state index contributed by atoms with van der Waals surface area (Å²) in [6, 6.07) is 16.4. The van der Waals surface area contributed by atoms with Crippen LogP contribution in [0, 0.1) is 29.6 Å². The van der Waals surface area contributed by atoms with Crippen molar-refractivity contribution in [3.8, 4) is 11.1 Å². The molecule has 3 fully saturated rings. The van der Waals surface area contributed by atoms with Gasteiger partial charge in [-0.2, -0.15) is 0 Å². The Morgan fingerprint density at radius 1 is 1.00 bits per heavy atom. The van der Waals surface area contributed by atoms with Gasteiger partial charge in [0, 0.05) is 31.5 Å². The van der Waals surface area contributed by atoms with Gasteiger partial charge in [0.2, 0.25) is 5.91 Å². The molecule has 6 rings (SSSR count). The fraction of sp³-hybridized carbons (Fsp3) is 0.444. The number of carboxylic acid groups (broad SMARTS) is 1. The molecule has 1 saturated heterocycles. The number of carbonyl (C=O) groups excluding carboxylic acids is 2. The van der Waals surface area contributed by atoms with Crippen molar-refractivity contribution >= 4 is 18.0 Å². The minimum absolute atomic E-state index is 0.0216. The third-order valence-electron chi connectivity index (χ3n) is 8.18. The predicted molar refractivity (Wildman–Crippen MR) is 124 cm³/mol. The number of aliphatic carboxylic acids is 1. The number of rotatable bonds is 6. The average Bonchev–Trinajstić information content (AvgIpc) is 3.75. The molecule has 4 aliphatic rings. The molecule has 5 atom stereocenters. The lowest BCUT2D eigenvalue weighted by Crippen LogP contribution is -2.38. The van der Waals surface area contributed by atoms with Crippen molar-refractivity contribution < 1.29 is 24.2 Å². The largest absolute Gasteiger partial charge is 0.481 e. The van der Waals surface area contributed by atoms with Gasteiger partial charge >= 0.3 is 12.1 Å². The van der Waals surface area contributed by atoms with Crippen LogP contribution in [0.15, 0.2) is 48.5 Å². The summed E-state index contributed by atoms with van der Waals surface area (Å²) >= 11 is 0. The second-order valence-corrected chi connectivity index (χ2v) is 10.1. The first-order valence-corrected chi connectivity index (χ1v) is 12.1. The van der Waals surface area contributed by atoms with E-state index in [9.17, 15) is 19.5 Å². The zero-order valence-corrected chi connectivity index (χ0v) is 18.9. The maximum Gasteiger partial charge on any atom is 0.407 e. The molecule has 7 nitrogen and oxygen atoms in total. The lowest BCUT2D eigenvalue weighted by Gasteiger charge is -2.26. The summed E-state index contributed by atoms with van der Waals surface area (Å²) in [6.45, 7) is 1.90. The van der Waals surface area contributed by atoms with Gasteiger partial charge in [-0.15, -0.1) is 0 Å². The zero-order chi connectivity index (χ0) is 23.4. The summed E-state index contributed by atoms with van der Waals surface area (Å²) < 4.78 is 5.58. The molecular weight excluding hydrogens is 432 g/mol. The summed E-state index contributed by atoms with van der Waals surface area (Å²) in [5, 5.41) is 12.1. The molecule has 3 aliphatic carbocycles. The first-order valence-electron chi connectivity index (χ1n) is 12.1. The Labute approximate surface area is 198 Å². The van der Waals surface area contributed by atoms with E-state index in [2.05, 4.69) is 29.6 Å². The van der Waals surface area contributed by atoms with Gasteiger partial charge in [0.15, 0.2) is 0 Å². The molecular formula is C27H28N2O5. The van der Waals surface area contributed by atoms with Gasteiger partial charge in [-0.1, -0.05) is 48.5 Å². The van der Waals surface area contributed by atoms with E-state index in [1.165, 1.54) is 22.3 Å². The molecule has 2 aromatic rings. The standard InChI is InChI=1S/C27H28N2O5/c30-25(29-10-9-20-22(13-29)24(20)26(31)32)21-11-15(21)12-28-27(33)34-14-23-18-7-3-1-5-16(18)17-6-2-4-8-19(17)23/h1-8,15,20-24H,9-14H2,(H,28,33)(H,31,32)/t15-,20-,21-,22+,24?/m1/s1. The first-order chi connectivity index (χ1) is 16.5. The summed E-state index contributed by atoms with van der Waals surface area (Å²) in [4.78, 5) is 38.3. The van der Waals surface area contributed by atoms with Gasteiger partial charge in [-0.3, -0.25) is 9.59 Å². The van der Waals surface area contributed by atoms with Crippen molar-refractivity contribution in [2.75, 3.05) is 26.2 Å². The van der Waals surface area contributed by atoms with Crippen molar-refractivity contribution in [3.63, 3.8) is 0 Å². The number of benzene rings is 2. The Hall–Kier alpha value is -3.35. The summed E-state index contributed by atoms with van der Waals surface area (Å²) in [6.07, 6.45) is 1.08. The second kappa shape index (κ2) is 8.15. The number of piperidine rings is 1. The fourth-order valence-electron chi connectivity index (χ4n) is 6.18. The number of nitrogens with zero attached hydrogens (tertiary/aromatic N) is 1. The Morgan fingerprint density at radius 3 is 2.35 bits per heavy atom. The van der Waals surface area contributed by atoms with Crippen molar-refractivity contribution in [3.05, 3.63) is 59.7 Å². The van der Waals surface area contributed by atoms with E-state index in [0.717, 1.165) is 12.8 Å². The van der Waals surface area contributed by atoms with Crippen molar-refractivity contribution in [1.29, 1.82) is 0 Å². The predicted octanol–water partition coefficient (Wildman–Crippen LogP) is 3.34. The molecule has 0 bridgehead atoms. The third-order valence-corrected chi connectivity index (χ3v) is 8.18. The molecule has 0 aromatic heterocycles. The van der Waals surface area contributed by atoms with E-state index >= 15 is 0 Å². The van der Waals surface area contributed by atoms with Gasteiger partial charge in [0.25, 0.3) is 0 Å². The number of hydrogen-bond acceptors (Lipinski definition) is 4. The summed E-state index contributed by atoms with van der Waals surface area (Å²) in [5.41, 5.74) is 4.73. The monoisotopic (exact) mass is 460 g/mol. The first kappa shape index (κ1) is 21.2. The number of nitrogens with one attached hydrogen (secondary N) is 1. The van der Waals surface area contributed by atoms with E-state index < -0.39 is 12.1 Å². The van der Waals surface area contributed by atoms with Gasteiger partial charge in [-0.05, 0) is 52.8 Å². The maximum absolute atomic E-state index is 12.8. The van der Waals surface area contributed by atoms with Crippen LogP contribution in [0.1, 0.15) is 29.9 Å². The number of alkyl carbamates (subject to hydrolysis) is 1. The SMILES string of the molecule is O=C(NC[C@H]1C[C@H]1C(=O)N1CC[C@H]2C(C(=O)O)[C@H]2C1)OCC1c2ccccc2-c2ccccc21. The number of ether oxygens (including phenoxy) is 1. The van der Waals surface area contributed by atoms with Gasteiger partial charge < -0.3 is 20.1 Å². The highest BCUT2D eigenvalue weighted by Gasteiger charge is 2.58. The summed E-state index contributed by atoms with van der Waals surface area (Å²) in [5.74, 6) is -0.475. The molecule has 2 N–H and O–H groups in total. The van der Waals surface area contributed by atoms with Crippen LogP contribution < -0.4 is 5.32 Å². The third kappa shape index (κ3) is 3.63. The number of likely N-dealkylation sites (tertiary alicyclic amines) is 1. The molecule has 2 amide bonds. The van der Waals surface area contributed by atoms with Crippen molar-refractivity contribution in [1.82, 2.24) is 10.2 Å². The van der Waals surface area contributed by atoms with Crippen molar-refractivity contribution in [2.24, 2.45) is 29.6 Å². The highest BCUT2D eigenvalue weighted by Crippen LogP contribution is 2.52. The van der Waals surface area contributed by atoms with E-state index in [1.54, 1.807) is 0 Å². The van der Waals surface area contributed by atoms with Crippen LogP contribution in [-0.4, -0.2) is 54.2 Å². The fourth-order valence-corrected chi connectivity index (χ4v) is 6.18. The van der Waals surface area contributed by atoms with E-state index in [0.29, 0.717) is 19.6 Å². The van der Waals surface area contributed by atoms with E-state index in [1.807, 2.05) is 29.2 Å². The highest BCUT2D eigenvalue weighted by molar-refractivity contribution is 5.83. The Balaban J connectivity index is 0.979. The Kier molecular flexibility index (Phi) is 5.08. The number of carboxylic acids is 1.